The smallest absolute Gasteiger partial charge is 0.328 e. The lowest BCUT2D eigenvalue weighted by atomic mass is 9.96. The van der Waals surface area contributed by atoms with Crippen molar-refractivity contribution in [2.24, 2.45) is 14.1 Å². The van der Waals surface area contributed by atoms with E-state index in [2.05, 4.69) is 10.6 Å². The summed E-state index contributed by atoms with van der Waals surface area (Å²) >= 11 is 0. The third-order valence-corrected chi connectivity index (χ3v) is 4.47. The number of nitrogens with one attached hydrogen (secondary N) is 2. The van der Waals surface area contributed by atoms with Gasteiger partial charge in [-0.25, -0.2) is 9.59 Å². The van der Waals surface area contributed by atoms with Crippen LogP contribution in [0, 0.1) is 0 Å². The van der Waals surface area contributed by atoms with Crippen molar-refractivity contribution in [1.29, 1.82) is 0 Å². The molecule has 3 rings (SSSR count). The zero-order chi connectivity index (χ0) is 15.7. The van der Waals surface area contributed by atoms with Gasteiger partial charge in [0.25, 0.3) is 0 Å². The summed E-state index contributed by atoms with van der Waals surface area (Å²) in [7, 11) is 3.48. The third-order valence-electron chi connectivity index (χ3n) is 4.47. The van der Waals surface area contributed by atoms with E-state index in [0.717, 1.165) is 23.9 Å². The van der Waals surface area contributed by atoms with Crippen LogP contribution in [0.25, 0.3) is 11.0 Å². The molecule has 1 saturated carbocycles. The Hall–Kier alpha value is -2.24. The van der Waals surface area contributed by atoms with E-state index in [1.54, 1.807) is 23.2 Å². The molecular weight excluding hydrogens is 280 g/mol. The number of nitrogens with zero attached hydrogens (tertiary/aromatic N) is 2. The normalized spacial score (nSPS) is 15.9. The van der Waals surface area contributed by atoms with Gasteiger partial charge in [-0.2, -0.15) is 0 Å². The zero-order valence-corrected chi connectivity index (χ0v) is 13.1. The van der Waals surface area contributed by atoms with Crippen LogP contribution in [0.2, 0.25) is 0 Å². The van der Waals surface area contributed by atoms with Gasteiger partial charge in [0.15, 0.2) is 0 Å². The second-order valence-corrected chi connectivity index (χ2v) is 6.04. The number of rotatable bonds is 2. The number of aryl methyl sites for hydroxylation is 2. The summed E-state index contributed by atoms with van der Waals surface area (Å²) in [5.41, 5.74) is 2.29. The molecular formula is C16H22N4O2. The van der Waals surface area contributed by atoms with Crippen molar-refractivity contribution < 1.29 is 4.79 Å². The first-order chi connectivity index (χ1) is 10.6. The molecule has 2 N–H and O–H groups in total. The van der Waals surface area contributed by atoms with Crippen LogP contribution in [-0.4, -0.2) is 21.2 Å². The molecule has 6 nitrogen and oxygen atoms in total. The number of aromatic nitrogens is 2. The minimum absolute atomic E-state index is 0.0705. The van der Waals surface area contributed by atoms with Crippen molar-refractivity contribution in [1.82, 2.24) is 14.5 Å². The van der Waals surface area contributed by atoms with Gasteiger partial charge in [-0.15, -0.1) is 0 Å². The lowest BCUT2D eigenvalue weighted by Gasteiger charge is -2.22. The van der Waals surface area contributed by atoms with E-state index in [0.29, 0.717) is 5.69 Å². The van der Waals surface area contributed by atoms with E-state index in [1.165, 1.54) is 19.3 Å². The highest BCUT2D eigenvalue weighted by Gasteiger charge is 2.16. The number of anilines is 1. The fraction of sp³-hybridized carbons (Fsp3) is 0.500. The summed E-state index contributed by atoms with van der Waals surface area (Å²) in [6.07, 6.45) is 5.74. The molecule has 0 bridgehead atoms. The van der Waals surface area contributed by atoms with Gasteiger partial charge in [0, 0.05) is 25.8 Å². The first-order valence-corrected chi connectivity index (χ1v) is 7.79. The fourth-order valence-corrected chi connectivity index (χ4v) is 3.18. The SMILES string of the molecule is Cn1c(=O)n(C)c2cc(NC(=O)NC3CCCCC3)ccc21. The topological polar surface area (TPSA) is 68.1 Å². The Morgan fingerprint density at radius 3 is 2.50 bits per heavy atom. The van der Waals surface area contributed by atoms with E-state index in [4.69, 9.17) is 0 Å². The van der Waals surface area contributed by atoms with Crippen LogP contribution in [-0.2, 0) is 14.1 Å². The van der Waals surface area contributed by atoms with Gasteiger partial charge in [-0.1, -0.05) is 19.3 Å². The molecule has 0 atom stereocenters. The number of urea groups is 1. The van der Waals surface area contributed by atoms with Gasteiger partial charge in [-0.05, 0) is 31.0 Å². The van der Waals surface area contributed by atoms with Crippen molar-refractivity contribution >= 4 is 22.8 Å². The van der Waals surface area contributed by atoms with Gasteiger partial charge in [0.1, 0.15) is 0 Å². The largest absolute Gasteiger partial charge is 0.335 e. The molecule has 1 aliphatic carbocycles. The highest BCUT2D eigenvalue weighted by Crippen LogP contribution is 2.19. The Morgan fingerprint density at radius 2 is 1.77 bits per heavy atom. The monoisotopic (exact) mass is 302 g/mol. The second-order valence-electron chi connectivity index (χ2n) is 6.04. The van der Waals surface area contributed by atoms with E-state index >= 15 is 0 Å². The molecule has 1 fully saturated rings. The minimum atomic E-state index is -0.174. The van der Waals surface area contributed by atoms with Crippen LogP contribution in [0.1, 0.15) is 32.1 Å². The van der Waals surface area contributed by atoms with E-state index in [1.807, 2.05) is 18.2 Å². The predicted octanol–water partition coefficient (Wildman–Crippen LogP) is 2.33. The highest BCUT2D eigenvalue weighted by molar-refractivity contribution is 5.92. The molecule has 1 aliphatic rings. The maximum absolute atomic E-state index is 12.1. The van der Waals surface area contributed by atoms with Crippen LogP contribution >= 0.6 is 0 Å². The maximum atomic E-state index is 12.1. The molecule has 0 saturated heterocycles. The van der Waals surface area contributed by atoms with Crippen molar-refractivity contribution in [3.63, 3.8) is 0 Å². The van der Waals surface area contributed by atoms with Crippen molar-refractivity contribution in [2.45, 2.75) is 38.1 Å². The average molecular weight is 302 g/mol. The molecule has 0 spiro atoms. The molecule has 22 heavy (non-hydrogen) atoms. The lowest BCUT2D eigenvalue weighted by molar-refractivity contribution is 0.244. The molecule has 2 amide bonds. The highest BCUT2D eigenvalue weighted by atomic mass is 16.2. The number of hydrogen-bond acceptors (Lipinski definition) is 2. The molecule has 6 heteroatoms. The molecule has 0 unspecified atom stereocenters. The van der Waals surface area contributed by atoms with Crippen molar-refractivity contribution in [2.75, 3.05) is 5.32 Å². The first kappa shape index (κ1) is 14.7. The van der Waals surface area contributed by atoms with E-state index in [9.17, 15) is 9.59 Å². The number of amides is 2. The Bertz CT molecular complexity index is 753. The Morgan fingerprint density at radius 1 is 1.09 bits per heavy atom. The van der Waals surface area contributed by atoms with Gasteiger partial charge in [-0.3, -0.25) is 9.13 Å². The number of benzene rings is 1. The molecule has 118 valence electrons. The average Bonchev–Trinajstić information content (AvgIpc) is 2.73. The number of carbonyl (C=O) groups excluding carboxylic acids is 1. The molecule has 0 radical (unpaired) electrons. The van der Waals surface area contributed by atoms with Gasteiger partial charge in [0.2, 0.25) is 0 Å². The third kappa shape index (κ3) is 2.73. The Kier molecular flexibility index (Phi) is 3.92. The first-order valence-electron chi connectivity index (χ1n) is 7.79. The van der Waals surface area contributed by atoms with Crippen LogP contribution in [0.3, 0.4) is 0 Å². The van der Waals surface area contributed by atoms with Crippen LogP contribution in [0.4, 0.5) is 10.5 Å². The van der Waals surface area contributed by atoms with Crippen molar-refractivity contribution in [3.05, 3.63) is 28.7 Å². The quantitative estimate of drug-likeness (QED) is 0.894. The second kappa shape index (κ2) is 5.87. The minimum Gasteiger partial charge on any atom is -0.335 e. The number of hydrogen-bond donors (Lipinski definition) is 2. The Labute approximate surface area is 129 Å². The fourth-order valence-electron chi connectivity index (χ4n) is 3.18. The zero-order valence-electron chi connectivity index (χ0n) is 13.1. The number of imidazole rings is 1. The molecule has 1 heterocycles. The molecule has 2 aromatic rings. The standard InChI is InChI=1S/C16H22N4O2/c1-19-13-9-8-12(10-14(13)20(2)16(19)22)18-15(21)17-11-6-4-3-5-7-11/h8-11H,3-7H2,1-2H3,(H2,17,18,21). The Balaban J connectivity index is 1.74. The maximum Gasteiger partial charge on any atom is 0.328 e. The molecule has 1 aromatic heterocycles. The number of carbonyl (C=O) groups is 1. The van der Waals surface area contributed by atoms with Gasteiger partial charge < -0.3 is 10.6 Å². The summed E-state index contributed by atoms with van der Waals surface area (Å²) in [5, 5.41) is 5.89. The summed E-state index contributed by atoms with van der Waals surface area (Å²) in [5.74, 6) is 0. The molecule has 0 aliphatic heterocycles. The van der Waals surface area contributed by atoms with E-state index < -0.39 is 0 Å². The summed E-state index contributed by atoms with van der Waals surface area (Å²) in [6, 6.07) is 5.61. The number of fused-ring (bicyclic) bond motifs is 1. The van der Waals surface area contributed by atoms with Crippen LogP contribution in [0.5, 0.6) is 0 Å². The summed E-state index contributed by atoms with van der Waals surface area (Å²) < 4.78 is 3.18. The van der Waals surface area contributed by atoms with Crippen LogP contribution < -0.4 is 16.3 Å². The van der Waals surface area contributed by atoms with Crippen LogP contribution in [0.15, 0.2) is 23.0 Å². The lowest BCUT2D eigenvalue weighted by Crippen LogP contribution is -2.39. The summed E-state index contributed by atoms with van der Waals surface area (Å²) in [6.45, 7) is 0. The summed E-state index contributed by atoms with van der Waals surface area (Å²) in [4.78, 5) is 24.0. The predicted molar refractivity (Wildman–Crippen MR) is 87.2 cm³/mol. The molecule has 1 aromatic carbocycles. The van der Waals surface area contributed by atoms with Crippen molar-refractivity contribution in [3.8, 4) is 0 Å². The van der Waals surface area contributed by atoms with E-state index in [-0.39, 0.29) is 17.8 Å². The van der Waals surface area contributed by atoms with Gasteiger partial charge in [0.05, 0.1) is 11.0 Å². The van der Waals surface area contributed by atoms with Gasteiger partial charge >= 0.3 is 11.7 Å².